The van der Waals surface area contributed by atoms with Crippen LogP contribution in [-0.4, -0.2) is 64.9 Å². The van der Waals surface area contributed by atoms with Crippen LogP contribution in [0.1, 0.15) is 36.3 Å². The molecule has 1 saturated heterocycles. The van der Waals surface area contributed by atoms with E-state index < -0.39 is 0 Å². The molecule has 1 unspecified atom stereocenters. The van der Waals surface area contributed by atoms with Crippen LogP contribution >= 0.6 is 0 Å². The van der Waals surface area contributed by atoms with E-state index in [2.05, 4.69) is 28.9 Å². The molecule has 0 saturated carbocycles. The molecule has 0 bridgehead atoms. The Balaban J connectivity index is 2.15. The van der Waals surface area contributed by atoms with E-state index in [-0.39, 0.29) is 5.97 Å². The summed E-state index contributed by atoms with van der Waals surface area (Å²) < 4.78 is 6.91. The summed E-state index contributed by atoms with van der Waals surface area (Å²) in [6, 6.07) is 0.461. The molecule has 118 valence electrons. The summed E-state index contributed by atoms with van der Waals surface area (Å²) in [4.78, 5) is 16.8. The van der Waals surface area contributed by atoms with Gasteiger partial charge in [-0.3, -0.25) is 9.58 Å². The van der Waals surface area contributed by atoms with Gasteiger partial charge >= 0.3 is 5.97 Å². The van der Waals surface area contributed by atoms with E-state index >= 15 is 0 Å². The van der Waals surface area contributed by atoms with Gasteiger partial charge in [0.2, 0.25) is 0 Å². The van der Waals surface area contributed by atoms with Gasteiger partial charge in [-0.1, -0.05) is 0 Å². The number of aryl methyl sites for hydroxylation is 1. The van der Waals surface area contributed by atoms with Crippen molar-refractivity contribution in [2.24, 2.45) is 7.05 Å². The van der Waals surface area contributed by atoms with Gasteiger partial charge in [-0.2, -0.15) is 5.10 Å². The number of carbonyl (C=O) groups excluding carboxylic acids is 1. The van der Waals surface area contributed by atoms with Gasteiger partial charge in [0.25, 0.3) is 0 Å². The van der Waals surface area contributed by atoms with E-state index in [1.807, 2.05) is 14.0 Å². The number of rotatable bonds is 4. The zero-order valence-corrected chi connectivity index (χ0v) is 13.5. The highest BCUT2D eigenvalue weighted by Crippen LogP contribution is 2.16. The quantitative estimate of drug-likeness (QED) is 0.779. The molecule has 1 aliphatic heterocycles. The molecule has 0 radical (unpaired) electrons. The number of nitrogens with zero attached hydrogens (tertiary/aromatic N) is 4. The minimum absolute atomic E-state index is 0.278. The van der Waals surface area contributed by atoms with Crippen molar-refractivity contribution < 1.29 is 9.53 Å². The maximum atomic E-state index is 12.0. The number of hydrogen-bond donors (Lipinski definition) is 0. The predicted octanol–water partition coefficient (Wildman–Crippen LogP) is 1.12. The van der Waals surface area contributed by atoms with Crippen LogP contribution < -0.4 is 0 Å². The highest BCUT2D eigenvalue weighted by molar-refractivity contribution is 5.90. The van der Waals surface area contributed by atoms with Crippen LogP contribution in [0.4, 0.5) is 0 Å². The first kappa shape index (κ1) is 16.0. The number of hydrogen-bond acceptors (Lipinski definition) is 5. The van der Waals surface area contributed by atoms with Gasteiger partial charge in [-0.25, -0.2) is 4.79 Å². The van der Waals surface area contributed by atoms with Crippen LogP contribution in [-0.2, 0) is 18.3 Å². The van der Waals surface area contributed by atoms with Crippen LogP contribution in [0.25, 0.3) is 0 Å². The highest BCUT2D eigenvalue weighted by Gasteiger charge is 2.24. The molecule has 0 amide bonds. The van der Waals surface area contributed by atoms with Crippen molar-refractivity contribution in [1.29, 1.82) is 0 Å². The Kier molecular flexibility index (Phi) is 5.36. The second-order valence-corrected chi connectivity index (χ2v) is 5.78. The molecular formula is C15H26N4O2. The lowest BCUT2D eigenvalue weighted by Gasteiger charge is -2.28. The Labute approximate surface area is 126 Å². The Hall–Kier alpha value is -1.40. The van der Waals surface area contributed by atoms with Gasteiger partial charge in [0.1, 0.15) is 5.56 Å². The zero-order chi connectivity index (χ0) is 15.4. The lowest BCUT2D eigenvalue weighted by molar-refractivity contribution is 0.0523. The van der Waals surface area contributed by atoms with Crippen molar-refractivity contribution in [3.63, 3.8) is 0 Å². The molecule has 1 aromatic rings. The average molecular weight is 294 g/mol. The molecule has 2 rings (SSSR count). The molecule has 1 atom stereocenters. The van der Waals surface area contributed by atoms with E-state index in [4.69, 9.17) is 4.74 Å². The number of esters is 1. The summed E-state index contributed by atoms with van der Waals surface area (Å²) in [6.07, 6.45) is 2.76. The molecule has 0 spiro atoms. The monoisotopic (exact) mass is 294 g/mol. The van der Waals surface area contributed by atoms with E-state index in [0.29, 0.717) is 18.2 Å². The van der Waals surface area contributed by atoms with Gasteiger partial charge in [0, 0.05) is 32.7 Å². The summed E-state index contributed by atoms with van der Waals surface area (Å²) in [7, 11) is 4.04. The average Bonchev–Trinajstić information content (AvgIpc) is 2.70. The van der Waals surface area contributed by atoms with Crippen LogP contribution in [0.5, 0.6) is 0 Å². The Morgan fingerprint density at radius 2 is 2.19 bits per heavy atom. The molecule has 1 aliphatic rings. The topological polar surface area (TPSA) is 50.6 Å². The van der Waals surface area contributed by atoms with Crippen molar-refractivity contribution >= 4 is 5.97 Å². The number of likely N-dealkylation sites (N-methyl/N-ethyl adjacent to an activating group) is 1. The second-order valence-electron chi connectivity index (χ2n) is 5.78. The summed E-state index contributed by atoms with van der Waals surface area (Å²) in [6.45, 7) is 8.39. The van der Waals surface area contributed by atoms with Gasteiger partial charge in [-0.15, -0.1) is 0 Å². The van der Waals surface area contributed by atoms with Crippen LogP contribution in [0, 0.1) is 0 Å². The van der Waals surface area contributed by atoms with Crippen molar-refractivity contribution in [3.8, 4) is 0 Å². The third kappa shape index (κ3) is 3.83. The molecule has 0 aliphatic carbocycles. The van der Waals surface area contributed by atoms with E-state index in [1.54, 1.807) is 10.9 Å². The van der Waals surface area contributed by atoms with E-state index in [0.717, 1.165) is 38.3 Å². The third-order valence-electron chi connectivity index (χ3n) is 4.09. The predicted molar refractivity (Wildman–Crippen MR) is 81.2 cm³/mol. The minimum Gasteiger partial charge on any atom is -0.462 e. The summed E-state index contributed by atoms with van der Waals surface area (Å²) >= 11 is 0. The highest BCUT2D eigenvalue weighted by atomic mass is 16.5. The Morgan fingerprint density at radius 3 is 2.90 bits per heavy atom. The maximum Gasteiger partial charge on any atom is 0.341 e. The van der Waals surface area contributed by atoms with Crippen LogP contribution in [0.15, 0.2) is 6.20 Å². The first-order valence-corrected chi connectivity index (χ1v) is 7.63. The Morgan fingerprint density at radius 1 is 1.43 bits per heavy atom. The van der Waals surface area contributed by atoms with Gasteiger partial charge in [0.15, 0.2) is 0 Å². The van der Waals surface area contributed by atoms with Crippen molar-refractivity contribution in [2.45, 2.75) is 32.9 Å². The summed E-state index contributed by atoms with van der Waals surface area (Å²) in [5, 5.41) is 4.23. The lowest BCUT2D eigenvalue weighted by Crippen LogP contribution is -2.38. The third-order valence-corrected chi connectivity index (χ3v) is 4.09. The van der Waals surface area contributed by atoms with Gasteiger partial charge < -0.3 is 9.64 Å². The zero-order valence-electron chi connectivity index (χ0n) is 13.5. The first-order chi connectivity index (χ1) is 10.0. The van der Waals surface area contributed by atoms with E-state index in [9.17, 15) is 4.79 Å². The SMILES string of the molecule is CCOC(=O)c1cnn(C)c1CN1CCCN(C)CC1C. The lowest BCUT2D eigenvalue weighted by atomic mass is 10.2. The van der Waals surface area contributed by atoms with Gasteiger partial charge in [-0.05, 0) is 33.9 Å². The number of aromatic nitrogens is 2. The molecule has 2 heterocycles. The van der Waals surface area contributed by atoms with Crippen LogP contribution in [0.2, 0.25) is 0 Å². The summed E-state index contributed by atoms with van der Waals surface area (Å²) in [5.41, 5.74) is 1.52. The standard InChI is InChI=1S/C15H26N4O2/c1-5-21-15(20)13-9-16-18(4)14(13)11-19-8-6-7-17(3)10-12(19)2/h9,12H,5-8,10-11H2,1-4H3. The largest absolute Gasteiger partial charge is 0.462 e. The minimum atomic E-state index is -0.278. The number of ether oxygens (including phenoxy) is 1. The molecule has 21 heavy (non-hydrogen) atoms. The van der Waals surface area contributed by atoms with Crippen molar-refractivity contribution in [3.05, 3.63) is 17.5 Å². The molecular weight excluding hydrogens is 268 g/mol. The van der Waals surface area contributed by atoms with Crippen molar-refractivity contribution in [2.75, 3.05) is 33.3 Å². The van der Waals surface area contributed by atoms with Crippen molar-refractivity contribution in [1.82, 2.24) is 19.6 Å². The molecule has 0 N–H and O–H groups in total. The molecule has 6 heteroatoms. The molecule has 1 fully saturated rings. The van der Waals surface area contributed by atoms with Gasteiger partial charge in [0.05, 0.1) is 18.5 Å². The Bertz CT molecular complexity index is 486. The maximum absolute atomic E-state index is 12.0. The van der Waals surface area contributed by atoms with E-state index in [1.165, 1.54) is 0 Å². The fourth-order valence-corrected chi connectivity index (χ4v) is 2.88. The fourth-order valence-electron chi connectivity index (χ4n) is 2.88. The molecule has 6 nitrogen and oxygen atoms in total. The summed E-state index contributed by atoms with van der Waals surface area (Å²) in [5.74, 6) is -0.278. The molecule has 1 aromatic heterocycles. The fraction of sp³-hybridized carbons (Fsp3) is 0.733. The normalized spacial score (nSPS) is 21.2. The molecule has 0 aromatic carbocycles. The first-order valence-electron chi connectivity index (χ1n) is 7.63. The second kappa shape index (κ2) is 7.04. The smallest absolute Gasteiger partial charge is 0.341 e. The number of carbonyl (C=O) groups is 1. The van der Waals surface area contributed by atoms with Crippen LogP contribution in [0.3, 0.4) is 0 Å².